The molecule has 0 saturated heterocycles. The van der Waals surface area contributed by atoms with Crippen LogP contribution in [0.4, 0.5) is 0 Å². The van der Waals surface area contributed by atoms with Gasteiger partial charge < -0.3 is 15.4 Å². The summed E-state index contributed by atoms with van der Waals surface area (Å²) >= 11 is 0. The number of rotatable bonds is 9. The molecule has 0 fully saturated rings. The van der Waals surface area contributed by atoms with E-state index in [4.69, 9.17) is 4.74 Å². The first-order valence-electron chi connectivity index (χ1n) is 5.30. The Kier molecular flexibility index (Phi) is 10.0. The van der Waals surface area contributed by atoms with Crippen molar-refractivity contribution in [3.63, 3.8) is 0 Å². The molecule has 0 saturated carbocycles. The van der Waals surface area contributed by atoms with Crippen molar-refractivity contribution in [3.8, 4) is 0 Å². The summed E-state index contributed by atoms with van der Waals surface area (Å²) in [6, 6.07) is 0. The number of carbonyl (C=O) groups is 1. The molecule has 0 aromatic heterocycles. The minimum Gasteiger partial charge on any atom is -0.382 e. The summed E-state index contributed by atoms with van der Waals surface area (Å²) in [4.78, 5) is 11.2. The fourth-order valence-electron chi connectivity index (χ4n) is 1.06. The minimum absolute atomic E-state index is 0.126. The largest absolute Gasteiger partial charge is 0.382 e. The van der Waals surface area contributed by atoms with E-state index >= 15 is 0 Å². The molecule has 0 rings (SSSR count). The molecule has 0 atom stereocenters. The molecule has 4 nitrogen and oxygen atoms in total. The summed E-state index contributed by atoms with van der Waals surface area (Å²) in [5.41, 5.74) is 0. The van der Waals surface area contributed by atoms with Gasteiger partial charge in [-0.2, -0.15) is 0 Å². The van der Waals surface area contributed by atoms with Gasteiger partial charge in [0.05, 0.1) is 0 Å². The third-order valence-electron chi connectivity index (χ3n) is 1.82. The van der Waals surface area contributed by atoms with Gasteiger partial charge in [0, 0.05) is 26.2 Å². The molecule has 84 valence electrons. The van der Waals surface area contributed by atoms with Crippen molar-refractivity contribution < 1.29 is 9.53 Å². The molecule has 0 aliphatic carbocycles. The zero-order valence-electron chi connectivity index (χ0n) is 9.27. The summed E-state index contributed by atoms with van der Waals surface area (Å²) in [5.74, 6) is 0.126. The van der Waals surface area contributed by atoms with Crippen LogP contribution in [0.25, 0.3) is 0 Å². The van der Waals surface area contributed by atoms with Crippen LogP contribution in [0, 0.1) is 0 Å². The number of hydrogen-bond acceptors (Lipinski definition) is 3. The highest BCUT2D eigenvalue weighted by molar-refractivity contribution is 5.75. The van der Waals surface area contributed by atoms with Gasteiger partial charge in [-0.05, 0) is 33.4 Å². The quantitative estimate of drug-likeness (QED) is 0.536. The third-order valence-corrected chi connectivity index (χ3v) is 1.82. The van der Waals surface area contributed by atoms with E-state index in [1.807, 2.05) is 14.0 Å². The molecule has 4 heteroatoms. The second-order valence-corrected chi connectivity index (χ2v) is 3.11. The lowest BCUT2D eigenvalue weighted by atomic mass is 10.3. The average Bonchev–Trinajstić information content (AvgIpc) is 2.19. The lowest BCUT2D eigenvalue weighted by Crippen LogP contribution is -2.26. The van der Waals surface area contributed by atoms with Crippen LogP contribution in [0.2, 0.25) is 0 Å². The number of hydrogen-bond donors (Lipinski definition) is 2. The molecular weight excluding hydrogens is 180 g/mol. The first-order chi connectivity index (χ1) is 6.81. The molecule has 0 heterocycles. The molecule has 0 unspecified atom stereocenters. The van der Waals surface area contributed by atoms with Gasteiger partial charge in [0.1, 0.15) is 0 Å². The van der Waals surface area contributed by atoms with Crippen molar-refractivity contribution in [2.45, 2.75) is 26.2 Å². The third kappa shape index (κ3) is 9.48. The molecular formula is C10H22N2O2. The maximum absolute atomic E-state index is 11.2. The smallest absolute Gasteiger partial charge is 0.220 e. The van der Waals surface area contributed by atoms with Crippen molar-refractivity contribution in [2.24, 2.45) is 0 Å². The van der Waals surface area contributed by atoms with Crippen LogP contribution >= 0.6 is 0 Å². The lowest BCUT2D eigenvalue weighted by Gasteiger charge is -2.04. The second kappa shape index (κ2) is 10.5. The lowest BCUT2D eigenvalue weighted by molar-refractivity contribution is -0.121. The maximum atomic E-state index is 11.2. The van der Waals surface area contributed by atoms with E-state index < -0.39 is 0 Å². The maximum Gasteiger partial charge on any atom is 0.220 e. The molecule has 0 bridgehead atoms. The topological polar surface area (TPSA) is 50.4 Å². The molecule has 1 amide bonds. The highest BCUT2D eigenvalue weighted by Crippen LogP contribution is 1.90. The van der Waals surface area contributed by atoms with Gasteiger partial charge >= 0.3 is 0 Å². The zero-order chi connectivity index (χ0) is 10.6. The van der Waals surface area contributed by atoms with E-state index in [1.54, 1.807) is 0 Å². The highest BCUT2D eigenvalue weighted by Gasteiger charge is 1.99. The van der Waals surface area contributed by atoms with E-state index in [1.165, 1.54) is 0 Å². The average molecular weight is 202 g/mol. The van der Waals surface area contributed by atoms with Crippen molar-refractivity contribution in [3.05, 3.63) is 0 Å². The Hall–Kier alpha value is -0.610. The molecule has 0 aliphatic rings. The van der Waals surface area contributed by atoms with Gasteiger partial charge in [0.25, 0.3) is 0 Å². The van der Waals surface area contributed by atoms with Crippen molar-refractivity contribution in [1.29, 1.82) is 0 Å². The van der Waals surface area contributed by atoms with Gasteiger partial charge in [-0.15, -0.1) is 0 Å². The fraction of sp³-hybridized carbons (Fsp3) is 0.900. The van der Waals surface area contributed by atoms with Crippen LogP contribution in [0.5, 0.6) is 0 Å². The Morgan fingerprint density at radius 2 is 2.07 bits per heavy atom. The predicted molar refractivity (Wildman–Crippen MR) is 57.3 cm³/mol. The molecule has 0 aromatic rings. The highest BCUT2D eigenvalue weighted by atomic mass is 16.5. The van der Waals surface area contributed by atoms with E-state index in [-0.39, 0.29) is 5.91 Å². The van der Waals surface area contributed by atoms with E-state index in [2.05, 4.69) is 10.6 Å². The summed E-state index contributed by atoms with van der Waals surface area (Å²) in [6.07, 6.45) is 2.36. The van der Waals surface area contributed by atoms with Crippen molar-refractivity contribution in [2.75, 3.05) is 33.4 Å². The van der Waals surface area contributed by atoms with E-state index in [9.17, 15) is 4.79 Å². The summed E-state index contributed by atoms with van der Waals surface area (Å²) in [5, 5.41) is 5.89. The van der Waals surface area contributed by atoms with Crippen LogP contribution in [-0.2, 0) is 9.53 Å². The molecule has 0 spiro atoms. The van der Waals surface area contributed by atoms with Gasteiger partial charge in [0.15, 0.2) is 0 Å². The van der Waals surface area contributed by atoms with Crippen LogP contribution < -0.4 is 10.6 Å². The fourth-order valence-corrected chi connectivity index (χ4v) is 1.06. The van der Waals surface area contributed by atoms with Crippen molar-refractivity contribution in [1.82, 2.24) is 10.6 Å². The van der Waals surface area contributed by atoms with Crippen LogP contribution in [-0.4, -0.2) is 39.3 Å². The van der Waals surface area contributed by atoms with Gasteiger partial charge in [-0.25, -0.2) is 0 Å². The van der Waals surface area contributed by atoms with Crippen LogP contribution in [0.3, 0.4) is 0 Å². The predicted octanol–water partition coefficient (Wildman–Crippen LogP) is 0.529. The van der Waals surface area contributed by atoms with Crippen LogP contribution in [0.15, 0.2) is 0 Å². The van der Waals surface area contributed by atoms with Crippen molar-refractivity contribution >= 4 is 5.91 Å². The van der Waals surface area contributed by atoms with Crippen LogP contribution in [0.1, 0.15) is 26.2 Å². The van der Waals surface area contributed by atoms with Gasteiger partial charge in [-0.1, -0.05) is 0 Å². The second-order valence-electron chi connectivity index (χ2n) is 3.11. The van der Waals surface area contributed by atoms with E-state index in [0.29, 0.717) is 13.0 Å². The molecule has 14 heavy (non-hydrogen) atoms. The molecule has 0 radical (unpaired) electrons. The Balaban J connectivity index is 3.11. The summed E-state index contributed by atoms with van der Waals surface area (Å²) in [6.45, 7) is 5.07. The first-order valence-corrected chi connectivity index (χ1v) is 5.30. The summed E-state index contributed by atoms with van der Waals surface area (Å²) < 4.78 is 5.14. The minimum atomic E-state index is 0.126. The summed E-state index contributed by atoms with van der Waals surface area (Å²) in [7, 11) is 1.91. The normalized spacial score (nSPS) is 10.1. The number of amides is 1. The Morgan fingerprint density at radius 1 is 1.29 bits per heavy atom. The molecule has 0 aliphatic heterocycles. The Labute approximate surface area is 86.4 Å². The number of ether oxygens (including phenoxy) is 1. The zero-order valence-corrected chi connectivity index (χ0v) is 9.27. The van der Waals surface area contributed by atoms with E-state index in [0.717, 1.165) is 32.5 Å². The SMILES string of the molecule is CCOCCCC(=O)NCCCNC. The molecule has 0 aromatic carbocycles. The monoisotopic (exact) mass is 202 g/mol. The standard InChI is InChI=1S/C10H22N2O2/c1-3-14-9-4-6-10(13)12-8-5-7-11-2/h11H,3-9H2,1-2H3,(H,12,13). The van der Waals surface area contributed by atoms with Gasteiger partial charge in [-0.3, -0.25) is 4.79 Å². The first kappa shape index (κ1) is 13.4. The number of nitrogens with one attached hydrogen (secondary N) is 2. The Morgan fingerprint density at radius 3 is 2.71 bits per heavy atom. The number of carbonyl (C=O) groups excluding carboxylic acids is 1. The van der Waals surface area contributed by atoms with Gasteiger partial charge in [0.2, 0.25) is 5.91 Å². The Bertz CT molecular complexity index is 126. The molecule has 2 N–H and O–H groups in total.